The number of carbonyl (C=O) groups excluding carboxylic acids is 1. The van der Waals surface area contributed by atoms with E-state index in [-0.39, 0.29) is 5.91 Å². The lowest BCUT2D eigenvalue weighted by Gasteiger charge is -2.09. The third kappa shape index (κ3) is 4.11. The fraction of sp³-hybridized carbons (Fsp3) is 0.357. The molecule has 0 aliphatic rings. The van der Waals surface area contributed by atoms with Crippen molar-refractivity contribution >= 4 is 34.1 Å². The number of amides is 1. The van der Waals surface area contributed by atoms with Gasteiger partial charge in [-0.05, 0) is 12.1 Å². The van der Waals surface area contributed by atoms with E-state index < -0.39 is 0 Å². The quantitative estimate of drug-likeness (QED) is 0.643. The van der Waals surface area contributed by atoms with Gasteiger partial charge in [0.2, 0.25) is 5.13 Å². The minimum atomic E-state index is -0.295. The van der Waals surface area contributed by atoms with Crippen LogP contribution < -0.4 is 14.8 Å². The van der Waals surface area contributed by atoms with Crippen molar-refractivity contribution in [3.63, 3.8) is 0 Å². The molecule has 2 aromatic rings. The Morgan fingerprint density at radius 2 is 2.05 bits per heavy atom. The van der Waals surface area contributed by atoms with Crippen molar-refractivity contribution in [1.29, 1.82) is 0 Å². The Labute approximate surface area is 137 Å². The van der Waals surface area contributed by atoms with Gasteiger partial charge in [-0.15, -0.1) is 10.2 Å². The van der Waals surface area contributed by atoms with Crippen LogP contribution in [0.25, 0.3) is 0 Å². The molecule has 0 aliphatic carbocycles. The fourth-order valence-corrected chi connectivity index (χ4v) is 3.63. The van der Waals surface area contributed by atoms with Crippen molar-refractivity contribution in [2.45, 2.75) is 23.4 Å². The summed E-state index contributed by atoms with van der Waals surface area (Å²) in [5.41, 5.74) is 0.413. The Balaban J connectivity index is 2.13. The molecule has 0 aliphatic heterocycles. The third-order valence-electron chi connectivity index (χ3n) is 2.62. The number of thioether (sulfide) groups is 1. The lowest BCUT2D eigenvalue weighted by atomic mass is 10.2. The molecule has 2 rings (SSSR count). The monoisotopic (exact) mass is 339 g/mol. The molecule has 1 N–H and O–H groups in total. The van der Waals surface area contributed by atoms with Gasteiger partial charge in [-0.1, -0.05) is 36.9 Å². The van der Waals surface area contributed by atoms with Gasteiger partial charge in [0.1, 0.15) is 11.5 Å². The predicted molar refractivity (Wildman–Crippen MR) is 88.4 cm³/mol. The molecule has 1 aromatic heterocycles. The molecule has 1 aromatic carbocycles. The van der Waals surface area contributed by atoms with Gasteiger partial charge < -0.3 is 9.47 Å². The Morgan fingerprint density at radius 3 is 2.68 bits per heavy atom. The summed E-state index contributed by atoms with van der Waals surface area (Å²) >= 11 is 2.96. The third-order valence-corrected chi connectivity index (χ3v) is 4.54. The second-order valence-corrected chi connectivity index (χ2v) is 7.36. The number of rotatable bonds is 6. The first-order valence-corrected chi connectivity index (χ1v) is 8.26. The minimum Gasteiger partial charge on any atom is -0.497 e. The van der Waals surface area contributed by atoms with Gasteiger partial charge in [0.05, 0.1) is 19.8 Å². The SMILES string of the molecule is COc1ccc(C(=O)Nc2nnc(SC(C)C)s2)c(OC)c1. The number of carbonyl (C=O) groups is 1. The van der Waals surface area contributed by atoms with Gasteiger partial charge in [0.25, 0.3) is 5.91 Å². The zero-order valence-electron chi connectivity index (χ0n) is 12.7. The second-order valence-electron chi connectivity index (χ2n) is 4.56. The highest BCUT2D eigenvalue weighted by Gasteiger charge is 2.16. The van der Waals surface area contributed by atoms with E-state index in [2.05, 4.69) is 29.4 Å². The minimum absolute atomic E-state index is 0.295. The van der Waals surface area contributed by atoms with Gasteiger partial charge in [-0.25, -0.2) is 0 Å². The van der Waals surface area contributed by atoms with Gasteiger partial charge in [-0.3, -0.25) is 10.1 Å². The van der Waals surface area contributed by atoms with E-state index in [1.165, 1.54) is 18.4 Å². The summed E-state index contributed by atoms with van der Waals surface area (Å²) in [5, 5.41) is 11.6. The average Bonchev–Trinajstić information content (AvgIpc) is 2.92. The first kappa shape index (κ1) is 16.6. The summed E-state index contributed by atoms with van der Waals surface area (Å²) < 4.78 is 11.2. The van der Waals surface area contributed by atoms with Crippen LogP contribution in [0.4, 0.5) is 5.13 Å². The molecule has 22 heavy (non-hydrogen) atoms. The molecule has 0 bridgehead atoms. The predicted octanol–water partition coefficient (Wildman–Crippen LogP) is 3.31. The smallest absolute Gasteiger partial charge is 0.261 e. The molecule has 1 heterocycles. The highest BCUT2D eigenvalue weighted by Crippen LogP contribution is 2.30. The summed E-state index contributed by atoms with van der Waals surface area (Å²) in [7, 11) is 3.07. The van der Waals surface area contributed by atoms with E-state index in [9.17, 15) is 4.79 Å². The Kier molecular flexibility index (Phi) is 5.62. The molecule has 0 unspecified atom stereocenters. The van der Waals surface area contributed by atoms with Gasteiger partial charge in [0, 0.05) is 11.3 Å². The van der Waals surface area contributed by atoms with E-state index in [0.717, 1.165) is 4.34 Å². The maximum atomic E-state index is 12.3. The van der Waals surface area contributed by atoms with Crippen LogP contribution in [0.5, 0.6) is 11.5 Å². The normalized spacial score (nSPS) is 10.6. The van der Waals surface area contributed by atoms with Crippen LogP contribution in [0.1, 0.15) is 24.2 Å². The van der Waals surface area contributed by atoms with Crippen molar-refractivity contribution in [3.8, 4) is 11.5 Å². The Bertz CT molecular complexity index is 659. The highest BCUT2D eigenvalue weighted by atomic mass is 32.2. The highest BCUT2D eigenvalue weighted by molar-refractivity contribution is 8.01. The van der Waals surface area contributed by atoms with Crippen LogP contribution >= 0.6 is 23.1 Å². The summed E-state index contributed by atoms with van der Waals surface area (Å²) in [4.78, 5) is 12.3. The number of aromatic nitrogens is 2. The summed E-state index contributed by atoms with van der Waals surface area (Å²) in [5.74, 6) is 0.773. The van der Waals surface area contributed by atoms with E-state index in [1.54, 1.807) is 37.1 Å². The zero-order valence-corrected chi connectivity index (χ0v) is 14.4. The first-order chi connectivity index (χ1) is 10.5. The van der Waals surface area contributed by atoms with Crippen LogP contribution in [0.3, 0.4) is 0 Å². The van der Waals surface area contributed by atoms with E-state index in [1.807, 2.05) is 0 Å². The van der Waals surface area contributed by atoms with Crippen molar-refractivity contribution in [1.82, 2.24) is 10.2 Å². The molecule has 118 valence electrons. The van der Waals surface area contributed by atoms with E-state index >= 15 is 0 Å². The molecule has 0 spiro atoms. The second kappa shape index (κ2) is 7.46. The number of hydrogen-bond donors (Lipinski definition) is 1. The largest absolute Gasteiger partial charge is 0.497 e. The first-order valence-electron chi connectivity index (χ1n) is 6.57. The van der Waals surface area contributed by atoms with E-state index in [4.69, 9.17) is 9.47 Å². The van der Waals surface area contributed by atoms with Crippen molar-refractivity contribution in [3.05, 3.63) is 23.8 Å². The molecular weight excluding hydrogens is 322 g/mol. The van der Waals surface area contributed by atoms with Crippen LogP contribution in [0.2, 0.25) is 0 Å². The standard InChI is InChI=1S/C14H17N3O3S2/c1-8(2)21-14-17-16-13(22-14)15-12(18)10-6-5-9(19-3)7-11(10)20-4/h5-8H,1-4H3,(H,15,16,18). The number of ether oxygens (including phenoxy) is 2. The van der Waals surface area contributed by atoms with Gasteiger partial charge in [0.15, 0.2) is 4.34 Å². The van der Waals surface area contributed by atoms with Crippen LogP contribution in [-0.4, -0.2) is 35.6 Å². The van der Waals surface area contributed by atoms with Crippen LogP contribution in [-0.2, 0) is 0 Å². The van der Waals surface area contributed by atoms with Gasteiger partial charge >= 0.3 is 0 Å². The molecule has 0 fully saturated rings. The number of anilines is 1. The fourth-order valence-electron chi connectivity index (χ4n) is 1.66. The number of nitrogens with zero attached hydrogens (tertiary/aromatic N) is 2. The van der Waals surface area contributed by atoms with E-state index in [0.29, 0.717) is 27.4 Å². The van der Waals surface area contributed by atoms with Crippen molar-refractivity contribution < 1.29 is 14.3 Å². The van der Waals surface area contributed by atoms with Crippen molar-refractivity contribution in [2.75, 3.05) is 19.5 Å². The summed E-state index contributed by atoms with van der Waals surface area (Å²) in [6, 6.07) is 5.02. The molecule has 0 radical (unpaired) electrons. The number of nitrogens with one attached hydrogen (secondary N) is 1. The molecule has 8 heteroatoms. The molecule has 0 saturated carbocycles. The van der Waals surface area contributed by atoms with Gasteiger partial charge in [-0.2, -0.15) is 0 Å². The maximum Gasteiger partial charge on any atom is 0.261 e. The Morgan fingerprint density at radius 1 is 1.27 bits per heavy atom. The van der Waals surface area contributed by atoms with Crippen LogP contribution in [0, 0.1) is 0 Å². The Hall–Kier alpha value is -1.80. The summed E-state index contributed by atoms with van der Waals surface area (Å²) in [6.07, 6.45) is 0. The number of methoxy groups -OCH3 is 2. The van der Waals surface area contributed by atoms with Crippen LogP contribution in [0.15, 0.2) is 22.5 Å². The zero-order chi connectivity index (χ0) is 16.1. The molecule has 0 atom stereocenters. The lowest BCUT2D eigenvalue weighted by Crippen LogP contribution is -2.13. The lowest BCUT2D eigenvalue weighted by molar-refractivity contribution is 0.102. The number of benzene rings is 1. The molecule has 1 amide bonds. The number of hydrogen-bond acceptors (Lipinski definition) is 7. The maximum absolute atomic E-state index is 12.3. The summed E-state index contributed by atoms with van der Waals surface area (Å²) in [6.45, 7) is 4.15. The topological polar surface area (TPSA) is 73.3 Å². The molecular formula is C14H17N3O3S2. The average molecular weight is 339 g/mol. The molecule has 0 saturated heterocycles. The van der Waals surface area contributed by atoms with Crippen molar-refractivity contribution in [2.24, 2.45) is 0 Å². The molecule has 6 nitrogen and oxygen atoms in total.